The SMILES string of the molecule is CN(Cc1csc(Br)c1)c1ccc(Cl)cn1. The first-order valence-corrected chi connectivity index (χ1v) is 6.76. The third-order valence-electron chi connectivity index (χ3n) is 2.14. The number of thiophene rings is 1. The molecule has 84 valence electrons. The Morgan fingerprint density at radius 1 is 1.50 bits per heavy atom. The molecule has 0 radical (unpaired) electrons. The molecule has 0 unspecified atom stereocenters. The summed E-state index contributed by atoms with van der Waals surface area (Å²) in [6, 6.07) is 5.89. The molecule has 0 amide bonds. The topological polar surface area (TPSA) is 16.1 Å². The predicted molar refractivity (Wildman–Crippen MR) is 73.4 cm³/mol. The maximum atomic E-state index is 5.79. The second kappa shape index (κ2) is 5.17. The number of anilines is 1. The Morgan fingerprint density at radius 2 is 2.31 bits per heavy atom. The van der Waals surface area contributed by atoms with E-state index in [1.54, 1.807) is 17.5 Å². The first-order valence-electron chi connectivity index (χ1n) is 4.71. The Kier molecular flexibility index (Phi) is 3.84. The van der Waals surface area contributed by atoms with Gasteiger partial charge in [0, 0.05) is 19.8 Å². The summed E-state index contributed by atoms with van der Waals surface area (Å²) in [4.78, 5) is 6.35. The van der Waals surface area contributed by atoms with Crippen LogP contribution in [0.4, 0.5) is 5.82 Å². The molecule has 0 N–H and O–H groups in total. The van der Waals surface area contributed by atoms with E-state index < -0.39 is 0 Å². The minimum absolute atomic E-state index is 0.662. The molecular formula is C11H10BrClN2S. The fourth-order valence-electron chi connectivity index (χ4n) is 1.38. The fourth-order valence-corrected chi connectivity index (χ4v) is 2.69. The lowest BCUT2D eigenvalue weighted by Crippen LogP contribution is -2.16. The smallest absolute Gasteiger partial charge is 0.128 e. The van der Waals surface area contributed by atoms with E-state index in [9.17, 15) is 0 Å². The molecule has 2 nitrogen and oxygen atoms in total. The van der Waals surface area contributed by atoms with Crippen molar-refractivity contribution < 1.29 is 0 Å². The monoisotopic (exact) mass is 316 g/mol. The van der Waals surface area contributed by atoms with Gasteiger partial charge in [-0.1, -0.05) is 11.6 Å². The third kappa shape index (κ3) is 2.97. The largest absolute Gasteiger partial charge is 0.355 e. The highest BCUT2D eigenvalue weighted by molar-refractivity contribution is 9.11. The molecule has 0 aromatic carbocycles. The van der Waals surface area contributed by atoms with Crippen LogP contribution in [-0.2, 0) is 6.54 Å². The van der Waals surface area contributed by atoms with Gasteiger partial charge in [-0.25, -0.2) is 4.98 Å². The van der Waals surface area contributed by atoms with Crippen molar-refractivity contribution in [1.29, 1.82) is 0 Å². The zero-order valence-electron chi connectivity index (χ0n) is 8.65. The molecule has 0 fully saturated rings. The van der Waals surface area contributed by atoms with Gasteiger partial charge in [-0.2, -0.15) is 0 Å². The Hall–Kier alpha value is -0.580. The highest BCUT2D eigenvalue weighted by Crippen LogP contribution is 2.23. The molecule has 0 bridgehead atoms. The average molecular weight is 318 g/mol. The predicted octanol–water partition coefficient (Wildman–Crippen LogP) is 4.20. The molecule has 0 saturated heterocycles. The summed E-state index contributed by atoms with van der Waals surface area (Å²) in [5, 5.41) is 2.80. The van der Waals surface area contributed by atoms with Gasteiger partial charge in [0.05, 0.1) is 8.81 Å². The Morgan fingerprint density at radius 3 is 2.88 bits per heavy atom. The molecular weight excluding hydrogens is 308 g/mol. The van der Waals surface area contributed by atoms with Gasteiger partial charge in [-0.15, -0.1) is 11.3 Å². The summed E-state index contributed by atoms with van der Waals surface area (Å²) in [5.41, 5.74) is 1.27. The summed E-state index contributed by atoms with van der Waals surface area (Å²) >= 11 is 10.9. The van der Waals surface area contributed by atoms with Crippen LogP contribution in [-0.4, -0.2) is 12.0 Å². The van der Waals surface area contributed by atoms with Crippen molar-refractivity contribution in [3.63, 3.8) is 0 Å². The van der Waals surface area contributed by atoms with Gasteiger partial charge in [0.25, 0.3) is 0 Å². The van der Waals surface area contributed by atoms with Crippen LogP contribution in [0, 0.1) is 0 Å². The number of aromatic nitrogens is 1. The van der Waals surface area contributed by atoms with Crippen LogP contribution in [0.1, 0.15) is 5.56 Å². The molecule has 16 heavy (non-hydrogen) atoms. The van der Waals surface area contributed by atoms with Gasteiger partial charge in [0.2, 0.25) is 0 Å². The molecule has 0 aliphatic carbocycles. The normalized spacial score (nSPS) is 10.4. The van der Waals surface area contributed by atoms with E-state index in [4.69, 9.17) is 11.6 Å². The van der Waals surface area contributed by atoms with Crippen molar-refractivity contribution in [2.24, 2.45) is 0 Å². The van der Waals surface area contributed by atoms with E-state index in [1.807, 2.05) is 19.2 Å². The van der Waals surface area contributed by atoms with Crippen molar-refractivity contribution in [2.75, 3.05) is 11.9 Å². The molecule has 0 aliphatic heterocycles. The maximum Gasteiger partial charge on any atom is 0.128 e. The minimum Gasteiger partial charge on any atom is -0.355 e. The molecule has 0 aliphatic rings. The van der Waals surface area contributed by atoms with Crippen molar-refractivity contribution in [3.8, 4) is 0 Å². The summed E-state index contributed by atoms with van der Waals surface area (Å²) in [6.07, 6.45) is 1.66. The highest BCUT2D eigenvalue weighted by atomic mass is 79.9. The fraction of sp³-hybridized carbons (Fsp3) is 0.182. The van der Waals surface area contributed by atoms with Crippen molar-refractivity contribution in [1.82, 2.24) is 4.98 Å². The molecule has 5 heteroatoms. The van der Waals surface area contributed by atoms with E-state index >= 15 is 0 Å². The standard InChI is InChI=1S/C11H10BrClN2S/c1-15(6-8-4-10(12)16-7-8)11-3-2-9(13)5-14-11/h2-5,7H,6H2,1H3. The van der Waals surface area contributed by atoms with Crippen molar-refractivity contribution in [2.45, 2.75) is 6.54 Å². The lowest BCUT2D eigenvalue weighted by atomic mass is 10.3. The number of pyridine rings is 1. The number of rotatable bonds is 3. The molecule has 0 spiro atoms. The van der Waals surface area contributed by atoms with E-state index in [2.05, 4.69) is 37.3 Å². The summed E-state index contributed by atoms with van der Waals surface area (Å²) < 4.78 is 1.15. The quantitative estimate of drug-likeness (QED) is 0.843. The van der Waals surface area contributed by atoms with E-state index in [0.29, 0.717) is 5.02 Å². The van der Waals surface area contributed by atoms with Gasteiger partial charge in [0.15, 0.2) is 0 Å². The van der Waals surface area contributed by atoms with Crippen LogP contribution in [0.3, 0.4) is 0 Å². The van der Waals surface area contributed by atoms with Gasteiger partial charge in [0.1, 0.15) is 5.82 Å². The second-order valence-corrected chi connectivity index (χ2v) is 6.18. The Balaban J connectivity index is 2.08. The lowest BCUT2D eigenvalue weighted by molar-refractivity contribution is 0.901. The lowest BCUT2D eigenvalue weighted by Gasteiger charge is -2.17. The highest BCUT2D eigenvalue weighted by Gasteiger charge is 2.04. The number of halogens is 2. The van der Waals surface area contributed by atoms with Crippen LogP contribution in [0.5, 0.6) is 0 Å². The molecule has 2 heterocycles. The number of nitrogens with zero attached hydrogens (tertiary/aromatic N) is 2. The first-order chi connectivity index (χ1) is 7.65. The summed E-state index contributed by atoms with van der Waals surface area (Å²) in [5.74, 6) is 0.923. The zero-order chi connectivity index (χ0) is 11.5. The summed E-state index contributed by atoms with van der Waals surface area (Å²) in [6.45, 7) is 0.844. The Labute approximate surface area is 112 Å². The molecule has 2 aromatic heterocycles. The van der Waals surface area contributed by atoms with Gasteiger partial charge < -0.3 is 4.90 Å². The van der Waals surface area contributed by atoms with Crippen molar-refractivity contribution >= 4 is 44.7 Å². The van der Waals surface area contributed by atoms with Crippen LogP contribution in [0.15, 0.2) is 33.6 Å². The Bertz CT molecular complexity index is 469. The van der Waals surface area contributed by atoms with Crippen molar-refractivity contribution in [3.05, 3.63) is 44.1 Å². The van der Waals surface area contributed by atoms with E-state index in [1.165, 1.54) is 5.56 Å². The van der Waals surface area contributed by atoms with Crippen LogP contribution >= 0.6 is 38.9 Å². The number of hydrogen-bond donors (Lipinski definition) is 0. The second-order valence-electron chi connectivity index (χ2n) is 3.45. The van der Waals surface area contributed by atoms with Crippen LogP contribution in [0.25, 0.3) is 0 Å². The van der Waals surface area contributed by atoms with Gasteiger partial charge >= 0.3 is 0 Å². The van der Waals surface area contributed by atoms with Gasteiger partial charge in [-0.3, -0.25) is 0 Å². The average Bonchev–Trinajstić information content (AvgIpc) is 2.65. The molecule has 0 saturated carbocycles. The maximum absolute atomic E-state index is 5.79. The van der Waals surface area contributed by atoms with Gasteiger partial charge in [-0.05, 0) is 45.1 Å². The molecule has 2 rings (SSSR count). The number of hydrogen-bond acceptors (Lipinski definition) is 3. The van der Waals surface area contributed by atoms with E-state index in [-0.39, 0.29) is 0 Å². The molecule has 2 aromatic rings. The van der Waals surface area contributed by atoms with Crippen LogP contribution < -0.4 is 4.90 Å². The minimum atomic E-state index is 0.662. The first kappa shape index (κ1) is 11.9. The van der Waals surface area contributed by atoms with Crippen LogP contribution in [0.2, 0.25) is 5.02 Å². The molecule has 0 atom stereocenters. The van der Waals surface area contributed by atoms with E-state index in [0.717, 1.165) is 16.1 Å². The summed E-state index contributed by atoms with van der Waals surface area (Å²) in [7, 11) is 2.02. The zero-order valence-corrected chi connectivity index (χ0v) is 11.8. The third-order valence-corrected chi connectivity index (χ3v) is 3.92.